The van der Waals surface area contributed by atoms with E-state index in [2.05, 4.69) is 0 Å². The highest BCUT2D eigenvalue weighted by molar-refractivity contribution is 5.88. The number of carboxylic acid groups (broad SMARTS) is 1. The Bertz CT molecular complexity index is 473. The number of aromatic hydroxyl groups is 1. The topological polar surface area (TPSA) is 141 Å². The van der Waals surface area contributed by atoms with E-state index in [0.29, 0.717) is 0 Å². The smallest absolute Gasteiger partial charge is 0.335 e. The first-order valence-electron chi connectivity index (χ1n) is 5.03. The summed E-state index contributed by atoms with van der Waals surface area (Å²) < 4.78 is 0. The molecular weight excluding hydrogens is 242 g/mol. The summed E-state index contributed by atoms with van der Waals surface area (Å²) in [5.74, 6) is -2.45. The predicted molar refractivity (Wildman–Crippen MR) is 59.8 cm³/mol. The number of nitrogens with two attached hydrogens (primary N) is 1. The zero-order chi connectivity index (χ0) is 13.9. The molecule has 0 aromatic heterocycles. The lowest BCUT2D eigenvalue weighted by Crippen LogP contribution is -2.25. The first-order valence-corrected chi connectivity index (χ1v) is 5.03. The van der Waals surface area contributed by atoms with Gasteiger partial charge in [-0.05, 0) is 18.2 Å². The molecule has 2 atom stereocenters. The lowest BCUT2D eigenvalue weighted by molar-refractivity contribution is -0.121. The molecule has 1 aromatic carbocycles. The van der Waals surface area contributed by atoms with Gasteiger partial charge in [0.1, 0.15) is 11.9 Å². The van der Waals surface area contributed by atoms with Crippen molar-refractivity contribution in [3.63, 3.8) is 0 Å². The molecule has 0 heterocycles. The highest BCUT2D eigenvalue weighted by Gasteiger charge is 2.24. The van der Waals surface area contributed by atoms with Gasteiger partial charge in [0.05, 0.1) is 18.1 Å². The van der Waals surface area contributed by atoms with Crippen molar-refractivity contribution in [3.05, 3.63) is 29.3 Å². The summed E-state index contributed by atoms with van der Waals surface area (Å²) in [5.41, 5.74) is 4.52. The van der Waals surface area contributed by atoms with Crippen molar-refractivity contribution in [2.45, 2.75) is 18.6 Å². The quantitative estimate of drug-likeness (QED) is 0.474. The van der Waals surface area contributed by atoms with Crippen LogP contribution < -0.4 is 5.73 Å². The summed E-state index contributed by atoms with van der Waals surface area (Å²) in [7, 11) is 0. The van der Waals surface area contributed by atoms with Gasteiger partial charge in [-0.25, -0.2) is 4.79 Å². The number of phenolic OH excluding ortho intramolecular Hbond substituents is 1. The van der Waals surface area contributed by atoms with Crippen molar-refractivity contribution >= 4 is 11.9 Å². The second-order valence-electron chi connectivity index (χ2n) is 3.76. The Labute approximate surface area is 102 Å². The molecule has 0 spiro atoms. The van der Waals surface area contributed by atoms with Crippen molar-refractivity contribution in [2.24, 2.45) is 5.73 Å². The number of amides is 1. The molecule has 0 bridgehead atoms. The van der Waals surface area contributed by atoms with Gasteiger partial charge in [0, 0.05) is 5.56 Å². The van der Waals surface area contributed by atoms with Gasteiger partial charge in [0.15, 0.2) is 0 Å². The normalized spacial score (nSPS) is 13.9. The highest BCUT2D eigenvalue weighted by atomic mass is 16.4. The number of primary amides is 1. The van der Waals surface area contributed by atoms with Crippen molar-refractivity contribution in [2.75, 3.05) is 0 Å². The average molecular weight is 255 g/mol. The number of carbonyl (C=O) groups is 2. The minimum atomic E-state index is -1.60. The molecule has 18 heavy (non-hydrogen) atoms. The maximum atomic E-state index is 10.7. The van der Waals surface area contributed by atoms with E-state index in [-0.39, 0.29) is 16.9 Å². The van der Waals surface area contributed by atoms with Crippen LogP contribution in [0.3, 0.4) is 0 Å². The molecule has 0 aliphatic heterocycles. The second-order valence-corrected chi connectivity index (χ2v) is 3.76. The minimum Gasteiger partial charge on any atom is -0.508 e. The van der Waals surface area contributed by atoms with Gasteiger partial charge < -0.3 is 26.2 Å². The molecule has 1 amide bonds. The standard InChI is InChI=1S/C11H13NO6/c12-9(15)4-8(14)10(16)6-3-5(11(17)18)1-2-7(6)13/h1-3,8,10,13-14,16H,4H2,(H2,12,15)(H,17,18). The van der Waals surface area contributed by atoms with E-state index in [4.69, 9.17) is 10.8 Å². The SMILES string of the molecule is NC(=O)CC(O)C(O)c1cc(C(=O)O)ccc1O. The molecule has 0 aliphatic rings. The molecule has 0 saturated heterocycles. The number of benzene rings is 1. The number of hydrogen-bond donors (Lipinski definition) is 5. The Hall–Kier alpha value is -2.12. The molecule has 0 radical (unpaired) electrons. The largest absolute Gasteiger partial charge is 0.508 e. The zero-order valence-corrected chi connectivity index (χ0v) is 9.28. The van der Waals surface area contributed by atoms with E-state index in [9.17, 15) is 24.9 Å². The number of carbonyl (C=O) groups excluding carboxylic acids is 1. The third kappa shape index (κ3) is 3.19. The Kier molecular flexibility index (Phi) is 4.24. The fourth-order valence-electron chi connectivity index (χ4n) is 1.45. The van der Waals surface area contributed by atoms with Gasteiger partial charge in [-0.1, -0.05) is 0 Å². The molecule has 7 nitrogen and oxygen atoms in total. The maximum Gasteiger partial charge on any atom is 0.335 e. The Morgan fingerprint density at radius 1 is 1.28 bits per heavy atom. The molecule has 7 heteroatoms. The number of aliphatic hydroxyl groups excluding tert-OH is 2. The van der Waals surface area contributed by atoms with Crippen LogP contribution in [-0.4, -0.2) is 38.4 Å². The van der Waals surface area contributed by atoms with Crippen molar-refractivity contribution in [1.29, 1.82) is 0 Å². The number of aliphatic hydroxyl groups is 2. The van der Waals surface area contributed by atoms with E-state index in [0.717, 1.165) is 18.2 Å². The summed E-state index contributed by atoms with van der Waals surface area (Å²) in [4.78, 5) is 21.3. The zero-order valence-electron chi connectivity index (χ0n) is 9.28. The third-order valence-corrected chi connectivity index (χ3v) is 2.37. The highest BCUT2D eigenvalue weighted by Crippen LogP contribution is 2.28. The maximum absolute atomic E-state index is 10.7. The predicted octanol–water partition coefficient (Wildman–Crippen LogP) is -0.640. The van der Waals surface area contributed by atoms with Gasteiger partial charge >= 0.3 is 5.97 Å². The fraction of sp³-hybridized carbons (Fsp3) is 0.273. The summed E-state index contributed by atoms with van der Waals surface area (Å²) in [6, 6.07) is 3.25. The Morgan fingerprint density at radius 3 is 2.39 bits per heavy atom. The van der Waals surface area contributed by atoms with Crippen LogP contribution >= 0.6 is 0 Å². The summed E-state index contributed by atoms with van der Waals surface area (Å²) in [5, 5.41) is 37.5. The third-order valence-electron chi connectivity index (χ3n) is 2.37. The van der Waals surface area contributed by atoms with Crippen LogP contribution in [0.5, 0.6) is 5.75 Å². The molecule has 0 fully saturated rings. The molecule has 98 valence electrons. The van der Waals surface area contributed by atoms with Gasteiger partial charge in [-0.15, -0.1) is 0 Å². The van der Waals surface area contributed by atoms with Crippen molar-refractivity contribution in [3.8, 4) is 5.75 Å². The van der Waals surface area contributed by atoms with Gasteiger partial charge in [0.25, 0.3) is 0 Å². The molecule has 0 saturated carbocycles. The monoisotopic (exact) mass is 255 g/mol. The van der Waals surface area contributed by atoms with E-state index >= 15 is 0 Å². The lowest BCUT2D eigenvalue weighted by Gasteiger charge is -2.18. The average Bonchev–Trinajstić information content (AvgIpc) is 2.27. The lowest BCUT2D eigenvalue weighted by atomic mass is 9.99. The summed E-state index contributed by atoms with van der Waals surface area (Å²) in [6.07, 6.45) is -3.62. The molecule has 1 rings (SSSR count). The van der Waals surface area contributed by atoms with Gasteiger partial charge in [0.2, 0.25) is 5.91 Å². The Balaban J connectivity index is 3.03. The van der Waals surface area contributed by atoms with Crippen molar-refractivity contribution < 1.29 is 30.0 Å². The molecule has 2 unspecified atom stereocenters. The first-order chi connectivity index (χ1) is 8.32. The fourth-order valence-corrected chi connectivity index (χ4v) is 1.45. The number of rotatable bonds is 5. The van der Waals surface area contributed by atoms with Crippen LogP contribution in [0, 0.1) is 0 Å². The minimum absolute atomic E-state index is 0.159. The van der Waals surface area contributed by atoms with E-state index in [1.54, 1.807) is 0 Å². The number of phenols is 1. The van der Waals surface area contributed by atoms with Crippen molar-refractivity contribution in [1.82, 2.24) is 0 Å². The van der Waals surface area contributed by atoms with Crippen LogP contribution in [0.25, 0.3) is 0 Å². The van der Waals surface area contributed by atoms with E-state index < -0.39 is 30.5 Å². The first kappa shape index (κ1) is 13.9. The van der Waals surface area contributed by atoms with Gasteiger partial charge in [-0.3, -0.25) is 4.79 Å². The van der Waals surface area contributed by atoms with Crippen LogP contribution in [0.15, 0.2) is 18.2 Å². The van der Waals surface area contributed by atoms with Crippen LogP contribution in [0.4, 0.5) is 0 Å². The number of aromatic carboxylic acids is 1. The second kappa shape index (κ2) is 5.48. The number of hydrogen-bond acceptors (Lipinski definition) is 5. The molecule has 0 aliphatic carbocycles. The van der Waals surface area contributed by atoms with Crippen LogP contribution in [0.2, 0.25) is 0 Å². The van der Waals surface area contributed by atoms with Crippen LogP contribution in [0.1, 0.15) is 28.4 Å². The van der Waals surface area contributed by atoms with Crippen LogP contribution in [-0.2, 0) is 4.79 Å². The van der Waals surface area contributed by atoms with E-state index in [1.165, 1.54) is 0 Å². The molecule has 1 aromatic rings. The summed E-state index contributed by atoms with van der Waals surface area (Å²) in [6.45, 7) is 0. The molecular formula is C11H13NO6. The van der Waals surface area contributed by atoms with E-state index in [1.807, 2.05) is 0 Å². The number of carboxylic acids is 1. The Morgan fingerprint density at radius 2 is 1.89 bits per heavy atom. The summed E-state index contributed by atoms with van der Waals surface area (Å²) >= 11 is 0. The molecule has 6 N–H and O–H groups in total. The van der Waals surface area contributed by atoms with Gasteiger partial charge in [-0.2, -0.15) is 0 Å².